The highest BCUT2D eigenvalue weighted by Crippen LogP contribution is 2.53. The van der Waals surface area contributed by atoms with Gasteiger partial charge in [-0.15, -0.1) is 0 Å². The summed E-state index contributed by atoms with van der Waals surface area (Å²) in [6.45, 7) is 0.819. The van der Waals surface area contributed by atoms with Crippen LogP contribution in [-0.4, -0.2) is 46.2 Å². The highest BCUT2D eigenvalue weighted by atomic mass is 16.6. The fraction of sp³-hybridized carbons (Fsp3) is 0.292. The summed E-state index contributed by atoms with van der Waals surface area (Å²) >= 11 is 0. The molecule has 1 N–H and O–H groups in total. The van der Waals surface area contributed by atoms with Crippen molar-refractivity contribution >= 4 is 12.1 Å². The van der Waals surface area contributed by atoms with Crippen molar-refractivity contribution in [2.45, 2.75) is 24.3 Å². The zero-order valence-corrected chi connectivity index (χ0v) is 16.6. The van der Waals surface area contributed by atoms with Crippen molar-refractivity contribution in [1.29, 1.82) is 0 Å². The highest BCUT2D eigenvalue weighted by molar-refractivity contribution is 5.86. The molecule has 2 saturated heterocycles. The summed E-state index contributed by atoms with van der Waals surface area (Å²) < 4.78 is 11.2. The molecule has 3 unspecified atom stereocenters. The number of aromatic carboxylic acids is 1. The third kappa shape index (κ3) is 2.62. The van der Waals surface area contributed by atoms with E-state index in [4.69, 9.17) is 9.15 Å². The molecule has 2 bridgehead atoms. The van der Waals surface area contributed by atoms with E-state index in [-0.39, 0.29) is 42.2 Å². The molecular weight excluding hydrogens is 396 g/mol. The van der Waals surface area contributed by atoms with Crippen LogP contribution in [0.25, 0.3) is 11.1 Å². The highest BCUT2D eigenvalue weighted by Gasteiger charge is 2.57. The third-order valence-corrected chi connectivity index (χ3v) is 6.97. The number of nitrogens with zero attached hydrogens (tertiary/aromatic N) is 2. The minimum Gasteiger partial charge on any atom is -0.476 e. The maximum absolute atomic E-state index is 12.9. The maximum atomic E-state index is 12.9. The summed E-state index contributed by atoms with van der Waals surface area (Å²) in [7, 11) is 0. The van der Waals surface area contributed by atoms with Gasteiger partial charge in [0.25, 0.3) is 0 Å². The number of benzene rings is 2. The first-order chi connectivity index (χ1) is 15.1. The molecule has 4 aliphatic rings. The Kier molecular flexibility index (Phi) is 3.93. The van der Waals surface area contributed by atoms with Crippen molar-refractivity contribution in [3.05, 3.63) is 77.5 Å². The number of rotatable bonds is 4. The summed E-state index contributed by atoms with van der Waals surface area (Å²) in [6, 6.07) is 16.4. The number of ether oxygens (including phenoxy) is 1. The molecule has 3 fully saturated rings. The van der Waals surface area contributed by atoms with E-state index in [1.54, 1.807) is 4.90 Å². The third-order valence-electron chi connectivity index (χ3n) is 6.97. The Morgan fingerprint density at radius 1 is 1.10 bits per heavy atom. The number of hydrogen-bond donors (Lipinski definition) is 1. The Bertz CT molecular complexity index is 1160. The zero-order chi connectivity index (χ0) is 21.1. The second kappa shape index (κ2) is 6.70. The van der Waals surface area contributed by atoms with Crippen LogP contribution < -0.4 is 0 Å². The summed E-state index contributed by atoms with van der Waals surface area (Å²) in [4.78, 5) is 29.9. The van der Waals surface area contributed by atoms with Gasteiger partial charge in [-0.1, -0.05) is 48.5 Å². The molecule has 7 heteroatoms. The molecule has 1 aromatic heterocycles. The van der Waals surface area contributed by atoms with Crippen LogP contribution in [0.2, 0.25) is 0 Å². The maximum Gasteiger partial charge on any atom is 0.410 e. The van der Waals surface area contributed by atoms with E-state index >= 15 is 0 Å². The largest absolute Gasteiger partial charge is 0.476 e. The Hall–Kier alpha value is -3.61. The average molecular weight is 416 g/mol. The quantitative estimate of drug-likeness (QED) is 0.688. The zero-order valence-electron chi connectivity index (χ0n) is 16.6. The molecular formula is C24H20N2O5. The van der Waals surface area contributed by atoms with Crippen LogP contribution in [0, 0.1) is 5.92 Å². The second-order valence-corrected chi connectivity index (χ2v) is 8.42. The van der Waals surface area contributed by atoms with E-state index in [1.807, 2.05) is 24.3 Å². The number of aromatic nitrogens is 1. The number of amides is 1. The first kappa shape index (κ1) is 18.2. The molecule has 2 aliphatic carbocycles. The molecule has 7 nitrogen and oxygen atoms in total. The number of carbonyl (C=O) groups excluding carboxylic acids is 1. The van der Waals surface area contributed by atoms with E-state index < -0.39 is 5.97 Å². The van der Waals surface area contributed by atoms with Crippen molar-refractivity contribution in [3.8, 4) is 11.1 Å². The molecule has 0 spiro atoms. The van der Waals surface area contributed by atoms with E-state index in [0.717, 1.165) is 12.8 Å². The van der Waals surface area contributed by atoms with E-state index in [1.165, 1.54) is 22.3 Å². The first-order valence-electron chi connectivity index (χ1n) is 10.4. The van der Waals surface area contributed by atoms with E-state index in [9.17, 15) is 14.7 Å². The predicted octanol–water partition coefficient (Wildman–Crippen LogP) is 4.11. The molecule has 1 amide bonds. The molecule has 3 heterocycles. The van der Waals surface area contributed by atoms with Crippen LogP contribution in [-0.2, 0) is 4.74 Å². The van der Waals surface area contributed by atoms with Crippen LogP contribution >= 0.6 is 0 Å². The van der Waals surface area contributed by atoms with Gasteiger partial charge in [-0.3, -0.25) is 0 Å². The Morgan fingerprint density at radius 2 is 1.77 bits per heavy atom. The van der Waals surface area contributed by atoms with Crippen LogP contribution in [0.15, 0.2) is 59.3 Å². The van der Waals surface area contributed by atoms with Crippen LogP contribution in [0.4, 0.5) is 4.79 Å². The predicted molar refractivity (Wildman–Crippen MR) is 110 cm³/mol. The van der Waals surface area contributed by atoms with Crippen molar-refractivity contribution < 1.29 is 23.8 Å². The standard InChI is InChI=1S/C24H20N2O5/c27-23(28)21-22(31-12-25-21)20-13-9-19(20)26(10-13)24(29)30-11-18-16-7-3-1-5-14(16)15-6-2-4-8-17(15)18/h1-8,12-13,18-20H,9-11H2,(H,27,28). The summed E-state index contributed by atoms with van der Waals surface area (Å²) in [5.41, 5.74) is 4.66. The first-order valence-corrected chi connectivity index (χ1v) is 10.4. The van der Waals surface area contributed by atoms with Gasteiger partial charge in [-0.2, -0.15) is 0 Å². The molecule has 1 saturated carbocycles. The van der Waals surface area contributed by atoms with Gasteiger partial charge in [-0.05, 0) is 34.6 Å². The topological polar surface area (TPSA) is 92.9 Å². The molecule has 2 aliphatic heterocycles. The molecule has 7 rings (SSSR count). The lowest BCUT2D eigenvalue weighted by Crippen LogP contribution is -2.40. The SMILES string of the molecule is O=C(O)c1ncoc1C1C2CC1N(C(=O)OCC1c3ccccc3-c3ccccc31)C2. The van der Waals surface area contributed by atoms with Gasteiger partial charge >= 0.3 is 12.1 Å². The van der Waals surface area contributed by atoms with Gasteiger partial charge < -0.3 is 19.2 Å². The monoisotopic (exact) mass is 416 g/mol. The second-order valence-electron chi connectivity index (χ2n) is 8.42. The Morgan fingerprint density at radius 3 is 2.45 bits per heavy atom. The molecule has 3 aromatic rings. The lowest BCUT2D eigenvalue weighted by Gasteiger charge is -2.34. The molecule has 3 atom stereocenters. The van der Waals surface area contributed by atoms with Gasteiger partial charge in [-0.25, -0.2) is 14.6 Å². The minimum atomic E-state index is -1.11. The molecule has 156 valence electrons. The number of hydrogen-bond acceptors (Lipinski definition) is 5. The summed E-state index contributed by atoms with van der Waals surface area (Å²) in [6.07, 6.45) is 1.64. The van der Waals surface area contributed by atoms with Gasteiger partial charge in [0.1, 0.15) is 12.4 Å². The molecule has 31 heavy (non-hydrogen) atoms. The van der Waals surface area contributed by atoms with E-state index in [0.29, 0.717) is 12.3 Å². The van der Waals surface area contributed by atoms with E-state index in [2.05, 4.69) is 29.2 Å². The summed E-state index contributed by atoms with van der Waals surface area (Å²) in [5.74, 6) is -0.686. The Labute approximate surface area is 178 Å². The van der Waals surface area contributed by atoms with Crippen LogP contribution in [0.3, 0.4) is 0 Å². The van der Waals surface area contributed by atoms with Gasteiger partial charge in [0.2, 0.25) is 0 Å². The van der Waals surface area contributed by atoms with Crippen molar-refractivity contribution in [2.75, 3.05) is 13.2 Å². The van der Waals surface area contributed by atoms with Crippen molar-refractivity contribution in [3.63, 3.8) is 0 Å². The van der Waals surface area contributed by atoms with Gasteiger partial charge in [0, 0.05) is 24.4 Å². The minimum absolute atomic E-state index is 0.0117. The molecule has 0 radical (unpaired) electrons. The lowest BCUT2D eigenvalue weighted by molar-refractivity contribution is 0.0684. The molecule has 2 aromatic carbocycles. The number of carbonyl (C=O) groups is 2. The number of fused-ring (bicyclic) bond motifs is 4. The van der Waals surface area contributed by atoms with Gasteiger partial charge in [0.15, 0.2) is 12.1 Å². The normalized spacial score (nSPS) is 23.2. The summed E-state index contributed by atoms with van der Waals surface area (Å²) in [5, 5.41) is 9.33. The number of oxazole rings is 1. The number of carboxylic acid groups (broad SMARTS) is 1. The number of carboxylic acids is 1. The van der Waals surface area contributed by atoms with Gasteiger partial charge in [0.05, 0.1) is 0 Å². The van der Waals surface area contributed by atoms with Crippen molar-refractivity contribution in [2.24, 2.45) is 5.92 Å². The lowest BCUT2D eigenvalue weighted by atomic mass is 9.72. The fourth-order valence-corrected chi connectivity index (χ4v) is 5.55. The Balaban J connectivity index is 1.19. The average Bonchev–Trinajstić information content (AvgIpc) is 3.53. The van der Waals surface area contributed by atoms with Crippen LogP contribution in [0.1, 0.15) is 45.6 Å². The fourth-order valence-electron chi connectivity index (χ4n) is 5.55. The van der Waals surface area contributed by atoms with Crippen molar-refractivity contribution in [1.82, 2.24) is 9.88 Å². The van der Waals surface area contributed by atoms with Crippen LogP contribution in [0.5, 0.6) is 0 Å². The smallest absolute Gasteiger partial charge is 0.410 e.